The lowest BCUT2D eigenvalue weighted by molar-refractivity contribution is -0.119. The van der Waals surface area contributed by atoms with E-state index >= 15 is 0 Å². The number of nitrogens with one attached hydrogen (secondary N) is 1. The molecule has 21 heavy (non-hydrogen) atoms. The van der Waals surface area contributed by atoms with E-state index in [0.29, 0.717) is 17.8 Å². The van der Waals surface area contributed by atoms with Gasteiger partial charge in [0.05, 0.1) is 5.75 Å². The van der Waals surface area contributed by atoms with Crippen molar-refractivity contribution in [2.24, 2.45) is 0 Å². The van der Waals surface area contributed by atoms with Gasteiger partial charge >= 0.3 is 0 Å². The molecule has 0 atom stereocenters. The lowest BCUT2D eigenvalue weighted by Crippen LogP contribution is -2.36. The number of hydrogen-bond donors (Lipinski definition) is 1. The highest BCUT2D eigenvalue weighted by atomic mass is 32.2. The van der Waals surface area contributed by atoms with Crippen molar-refractivity contribution in [2.45, 2.75) is 75.0 Å². The molecule has 0 bridgehead atoms. The van der Waals surface area contributed by atoms with Crippen LogP contribution in [0.3, 0.4) is 0 Å². The van der Waals surface area contributed by atoms with E-state index in [9.17, 15) is 4.79 Å². The molecule has 0 unspecified atom stereocenters. The smallest absolute Gasteiger partial charge is 0.230 e. The maximum absolute atomic E-state index is 12.1. The molecule has 0 radical (unpaired) electrons. The number of hydrogen-bond acceptors (Lipinski definition) is 3. The maximum Gasteiger partial charge on any atom is 0.230 e. The summed E-state index contributed by atoms with van der Waals surface area (Å²) in [5.74, 6) is 0.649. The summed E-state index contributed by atoms with van der Waals surface area (Å²) in [4.78, 5) is 16.5. The molecule has 1 aromatic rings. The van der Waals surface area contributed by atoms with Gasteiger partial charge in [-0.3, -0.25) is 4.79 Å². The summed E-state index contributed by atoms with van der Waals surface area (Å²) in [6.45, 7) is 0. The minimum atomic E-state index is 0.163. The van der Waals surface area contributed by atoms with Gasteiger partial charge in [0.1, 0.15) is 0 Å². The summed E-state index contributed by atoms with van der Waals surface area (Å²) in [5.41, 5.74) is 0. The van der Waals surface area contributed by atoms with E-state index in [-0.39, 0.29) is 5.91 Å². The normalized spacial score (nSPS) is 20.8. The van der Waals surface area contributed by atoms with Gasteiger partial charge in [0.2, 0.25) is 5.91 Å². The second-order valence-electron chi connectivity index (χ2n) is 6.25. The molecule has 1 amide bonds. The largest absolute Gasteiger partial charge is 0.353 e. The fourth-order valence-electron chi connectivity index (χ4n) is 3.04. The van der Waals surface area contributed by atoms with Gasteiger partial charge in [0.25, 0.3) is 0 Å². The Morgan fingerprint density at radius 2 is 1.90 bits per heavy atom. The van der Waals surface area contributed by atoms with Gasteiger partial charge in [-0.1, -0.05) is 43.9 Å². The fraction of sp³-hybridized carbons (Fsp3) is 0.750. The van der Waals surface area contributed by atoms with Crippen LogP contribution in [-0.4, -0.2) is 27.3 Å². The number of thioether (sulfide) groups is 1. The minimum Gasteiger partial charge on any atom is -0.353 e. The molecule has 1 heterocycles. The van der Waals surface area contributed by atoms with Crippen molar-refractivity contribution in [1.82, 2.24) is 14.9 Å². The number of amides is 1. The van der Waals surface area contributed by atoms with Crippen LogP contribution >= 0.6 is 11.8 Å². The quantitative estimate of drug-likeness (QED) is 0.846. The first-order chi connectivity index (χ1) is 10.3. The van der Waals surface area contributed by atoms with Crippen molar-refractivity contribution >= 4 is 17.7 Å². The summed E-state index contributed by atoms with van der Waals surface area (Å²) < 4.78 is 2.22. The molecule has 2 aliphatic rings. The van der Waals surface area contributed by atoms with Crippen LogP contribution < -0.4 is 5.32 Å². The Hall–Kier alpha value is -0.970. The molecule has 0 aromatic carbocycles. The number of carbonyl (C=O) groups excluding carboxylic acids is 1. The van der Waals surface area contributed by atoms with Crippen molar-refractivity contribution in [2.75, 3.05) is 5.75 Å². The SMILES string of the molecule is O=C(CSc1nccn1C1CC1)NC1CCCCCCC1. The van der Waals surface area contributed by atoms with Gasteiger partial charge < -0.3 is 9.88 Å². The van der Waals surface area contributed by atoms with Gasteiger partial charge in [0.15, 0.2) is 5.16 Å². The Morgan fingerprint density at radius 3 is 2.62 bits per heavy atom. The Labute approximate surface area is 131 Å². The van der Waals surface area contributed by atoms with Crippen LogP contribution in [0.25, 0.3) is 0 Å². The van der Waals surface area contributed by atoms with Crippen LogP contribution in [-0.2, 0) is 4.79 Å². The number of imidazole rings is 1. The standard InChI is InChI=1S/C16H25N3OS/c20-15(18-13-6-4-2-1-3-5-7-13)12-21-16-17-10-11-19(16)14-8-9-14/h10-11,13-14H,1-9,12H2,(H,18,20). The molecule has 116 valence electrons. The van der Waals surface area contributed by atoms with Crippen molar-refractivity contribution in [3.63, 3.8) is 0 Å². The van der Waals surface area contributed by atoms with Gasteiger partial charge in [0, 0.05) is 24.5 Å². The van der Waals surface area contributed by atoms with Crippen LogP contribution in [0, 0.1) is 0 Å². The highest BCUT2D eigenvalue weighted by Gasteiger charge is 2.25. The second kappa shape index (κ2) is 7.34. The molecule has 0 saturated heterocycles. The first-order valence-electron chi connectivity index (χ1n) is 8.28. The van der Waals surface area contributed by atoms with Crippen LogP contribution in [0.15, 0.2) is 17.6 Å². The van der Waals surface area contributed by atoms with E-state index in [1.54, 1.807) is 11.8 Å². The van der Waals surface area contributed by atoms with E-state index in [4.69, 9.17) is 0 Å². The summed E-state index contributed by atoms with van der Waals surface area (Å²) in [6.07, 6.45) is 15.2. The summed E-state index contributed by atoms with van der Waals surface area (Å²) >= 11 is 1.57. The van der Waals surface area contributed by atoms with Crippen molar-refractivity contribution in [3.8, 4) is 0 Å². The first-order valence-corrected chi connectivity index (χ1v) is 9.26. The topological polar surface area (TPSA) is 46.9 Å². The molecule has 2 saturated carbocycles. The lowest BCUT2D eigenvalue weighted by atomic mass is 9.97. The van der Waals surface area contributed by atoms with Crippen LogP contribution in [0.2, 0.25) is 0 Å². The molecule has 0 aliphatic heterocycles. The predicted octanol–water partition coefficient (Wildman–Crippen LogP) is 3.54. The number of nitrogens with zero attached hydrogens (tertiary/aromatic N) is 2. The van der Waals surface area contributed by atoms with E-state index in [0.717, 1.165) is 18.0 Å². The molecular weight excluding hydrogens is 282 g/mol. The number of carbonyl (C=O) groups is 1. The van der Waals surface area contributed by atoms with Gasteiger partial charge in [-0.2, -0.15) is 0 Å². The first kappa shape index (κ1) is 14.9. The summed E-state index contributed by atoms with van der Waals surface area (Å²) in [6, 6.07) is 1.02. The molecule has 1 N–H and O–H groups in total. The van der Waals surface area contributed by atoms with Gasteiger partial charge in [-0.25, -0.2) is 4.98 Å². The zero-order valence-corrected chi connectivity index (χ0v) is 13.4. The van der Waals surface area contributed by atoms with Crippen LogP contribution in [0.1, 0.15) is 63.8 Å². The Kier molecular flexibility index (Phi) is 5.22. The Bertz CT molecular complexity index is 462. The zero-order chi connectivity index (χ0) is 14.5. The maximum atomic E-state index is 12.1. The van der Waals surface area contributed by atoms with Crippen molar-refractivity contribution in [3.05, 3.63) is 12.4 Å². The molecule has 0 spiro atoms. The number of aromatic nitrogens is 2. The highest BCUT2D eigenvalue weighted by Crippen LogP contribution is 2.37. The van der Waals surface area contributed by atoms with E-state index in [2.05, 4.69) is 14.9 Å². The predicted molar refractivity (Wildman–Crippen MR) is 85.5 cm³/mol. The van der Waals surface area contributed by atoms with E-state index in [1.807, 2.05) is 12.4 Å². The average molecular weight is 307 g/mol. The van der Waals surface area contributed by atoms with Crippen LogP contribution in [0.5, 0.6) is 0 Å². The second-order valence-corrected chi connectivity index (χ2v) is 7.19. The zero-order valence-electron chi connectivity index (χ0n) is 12.6. The van der Waals surface area contributed by atoms with Gasteiger partial charge in [-0.15, -0.1) is 0 Å². The molecular formula is C16H25N3OS. The number of rotatable bonds is 5. The third kappa shape index (κ3) is 4.50. The average Bonchev–Trinajstić information content (AvgIpc) is 3.18. The van der Waals surface area contributed by atoms with Crippen molar-refractivity contribution in [1.29, 1.82) is 0 Å². The molecule has 2 fully saturated rings. The summed E-state index contributed by atoms with van der Waals surface area (Å²) in [5, 5.41) is 4.21. The third-order valence-corrected chi connectivity index (χ3v) is 5.36. The van der Waals surface area contributed by atoms with Gasteiger partial charge in [-0.05, 0) is 25.7 Å². The third-order valence-electron chi connectivity index (χ3n) is 4.38. The van der Waals surface area contributed by atoms with E-state index < -0.39 is 0 Å². The van der Waals surface area contributed by atoms with Crippen molar-refractivity contribution < 1.29 is 4.79 Å². The highest BCUT2D eigenvalue weighted by molar-refractivity contribution is 7.99. The minimum absolute atomic E-state index is 0.163. The molecule has 5 heteroatoms. The molecule has 3 rings (SSSR count). The molecule has 1 aromatic heterocycles. The Balaban J connectivity index is 1.43. The molecule has 4 nitrogen and oxygen atoms in total. The Morgan fingerprint density at radius 1 is 1.19 bits per heavy atom. The summed E-state index contributed by atoms with van der Waals surface area (Å²) in [7, 11) is 0. The van der Waals surface area contributed by atoms with E-state index in [1.165, 1.54) is 44.9 Å². The fourth-order valence-corrected chi connectivity index (χ4v) is 3.88. The van der Waals surface area contributed by atoms with Crippen LogP contribution in [0.4, 0.5) is 0 Å². The monoisotopic (exact) mass is 307 g/mol. The molecule has 2 aliphatic carbocycles. The lowest BCUT2D eigenvalue weighted by Gasteiger charge is -2.20.